The van der Waals surface area contributed by atoms with E-state index in [9.17, 15) is 0 Å². The lowest BCUT2D eigenvalue weighted by Crippen LogP contribution is -2.13. The van der Waals surface area contributed by atoms with Crippen molar-refractivity contribution >= 4 is 5.95 Å². The molecule has 1 atom stereocenters. The molecule has 0 saturated carbocycles. The van der Waals surface area contributed by atoms with Gasteiger partial charge in [-0.1, -0.05) is 6.92 Å². The molecule has 0 aliphatic carbocycles. The standard InChI is InChI=1S/C8H16N4O/c1-4-6(5-9)7-10-8(11-13-7)12(2)3/h6H,4-5,9H2,1-3H3. The van der Waals surface area contributed by atoms with Gasteiger partial charge >= 0.3 is 0 Å². The Morgan fingerprint density at radius 1 is 1.54 bits per heavy atom. The average Bonchev–Trinajstić information content (AvgIpc) is 2.56. The van der Waals surface area contributed by atoms with E-state index in [0.717, 1.165) is 6.42 Å². The minimum Gasteiger partial charge on any atom is -0.344 e. The largest absolute Gasteiger partial charge is 0.344 e. The van der Waals surface area contributed by atoms with Crippen molar-refractivity contribution in [2.75, 3.05) is 25.5 Å². The van der Waals surface area contributed by atoms with Crippen LogP contribution in [0.5, 0.6) is 0 Å². The second kappa shape index (κ2) is 4.23. The molecule has 1 aromatic rings. The van der Waals surface area contributed by atoms with Gasteiger partial charge in [-0.25, -0.2) is 0 Å². The van der Waals surface area contributed by atoms with E-state index >= 15 is 0 Å². The SMILES string of the molecule is CCC(CN)c1nc(N(C)C)no1. The molecule has 13 heavy (non-hydrogen) atoms. The summed E-state index contributed by atoms with van der Waals surface area (Å²) in [5.74, 6) is 1.41. The van der Waals surface area contributed by atoms with E-state index in [4.69, 9.17) is 10.3 Å². The summed E-state index contributed by atoms with van der Waals surface area (Å²) < 4.78 is 5.09. The zero-order chi connectivity index (χ0) is 9.84. The fourth-order valence-electron chi connectivity index (χ4n) is 1.02. The number of nitrogens with two attached hydrogens (primary N) is 1. The third-order valence-corrected chi connectivity index (χ3v) is 1.96. The van der Waals surface area contributed by atoms with Gasteiger partial charge in [0.1, 0.15) is 0 Å². The molecule has 0 spiro atoms. The van der Waals surface area contributed by atoms with Crippen molar-refractivity contribution in [2.24, 2.45) is 5.73 Å². The van der Waals surface area contributed by atoms with Gasteiger partial charge in [0.15, 0.2) is 0 Å². The monoisotopic (exact) mass is 184 g/mol. The first kappa shape index (κ1) is 9.98. The smallest absolute Gasteiger partial charge is 0.265 e. The number of aromatic nitrogens is 2. The van der Waals surface area contributed by atoms with Crippen molar-refractivity contribution in [1.29, 1.82) is 0 Å². The number of hydrogen-bond acceptors (Lipinski definition) is 5. The molecule has 1 rings (SSSR count). The molecule has 0 radical (unpaired) electrons. The summed E-state index contributed by atoms with van der Waals surface area (Å²) in [6.45, 7) is 2.60. The van der Waals surface area contributed by atoms with Crippen LogP contribution in [-0.2, 0) is 0 Å². The van der Waals surface area contributed by atoms with E-state index in [1.165, 1.54) is 0 Å². The van der Waals surface area contributed by atoms with E-state index in [1.54, 1.807) is 4.90 Å². The van der Waals surface area contributed by atoms with Crippen LogP contribution in [0.15, 0.2) is 4.52 Å². The van der Waals surface area contributed by atoms with Gasteiger partial charge in [0.2, 0.25) is 5.89 Å². The van der Waals surface area contributed by atoms with Crippen LogP contribution in [0.2, 0.25) is 0 Å². The minimum absolute atomic E-state index is 0.182. The molecule has 1 aromatic heterocycles. The van der Waals surface area contributed by atoms with Crippen LogP contribution in [0.25, 0.3) is 0 Å². The molecule has 5 nitrogen and oxygen atoms in total. The van der Waals surface area contributed by atoms with Gasteiger partial charge in [-0.2, -0.15) is 4.98 Å². The highest BCUT2D eigenvalue weighted by Gasteiger charge is 2.15. The van der Waals surface area contributed by atoms with Gasteiger partial charge in [0, 0.05) is 20.6 Å². The minimum atomic E-state index is 0.182. The first-order chi connectivity index (χ1) is 6.19. The zero-order valence-electron chi connectivity index (χ0n) is 8.32. The summed E-state index contributed by atoms with van der Waals surface area (Å²) in [5, 5.41) is 3.82. The van der Waals surface area contributed by atoms with E-state index in [2.05, 4.69) is 17.1 Å². The summed E-state index contributed by atoms with van der Waals surface area (Å²) in [4.78, 5) is 6.02. The molecule has 2 N–H and O–H groups in total. The first-order valence-electron chi connectivity index (χ1n) is 4.40. The third kappa shape index (κ3) is 2.18. The third-order valence-electron chi connectivity index (χ3n) is 1.96. The van der Waals surface area contributed by atoms with E-state index in [1.807, 2.05) is 14.1 Å². The summed E-state index contributed by atoms with van der Waals surface area (Å²) in [5.41, 5.74) is 5.56. The van der Waals surface area contributed by atoms with Crippen LogP contribution >= 0.6 is 0 Å². The number of hydrogen-bond donors (Lipinski definition) is 1. The molecular weight excluding hydrogens is 168 g/mol. The van der Waals surface area contributed by atoms with Crippen molar-refractivity contribution in [3.05, 3.63) is 5.89 Å². The Hall–Kier alpha value is -1.10. The molecule has 74 valence electrons. The van der Waals surface area contributed by atoms with Crippen LogP contribution in [0.4, 0.5) is 5.95 Å². The van der Waals surface area contributed by atoms with Crippen LogP contribution < -0.4 is 10.6 Å². The van der Waals surface area contributed by atoms with E-state index in [0.29, 0.717) is 18.4 Å². The molecule has 1 unspecified atom stereocenters. The number of anilines is 1. The number of nitrogens with zero attached hydrogens (tertiary/aromatic N) is 3. The highest BCUT2D eigenvalue weighted by atomic mass is 16.5. The van der Waals surface area contributed by atoms with Crippen molar-refractivity contribution in [3.8, 4) is 0 Å². The maximum atomic E-state index is 5.56. The van der Waals surface area contributed by atoms with E-state index < -0.39 is 0 Å². The van der Waals surface area contributed by atoms with Crippen molar-refractivity contribution in [2.45, 2.75) is 19.3 Å². The quantitative estimate of drug-likeness (QED) is 0.741. The molecule has 0 aliphatic heterocycles. The Labute approximate surface area is 77.9 Å². The lowest BCUT2D eigenvalue weighted by Gasteiger charge is -2.05. The van der Waals surface area contributed by atoms with Gasteiger partial charge in [-0.15, -0.1) is 0 Å². The summed E-state index contributed by atoms with van der Waals surface area (Å²) in [6, 6.07) is 0. The van der Waals surface area contributed by atoms with E-state index in [-0.39, 0.29) is 5.92 Å². The molecular formula is C8H16N4O. The molecule has 0 amide bonds. The molecule has 0 saturated heterocycles. The normalized spacial score (nSPS) is 12.9. The molecule has 0 fully saturated rings. The molecule has 1 heterocycles. The van der Waals surface area contributed by atoms with Crippen LogP contribution in [0.3, 0.4) is 0 Å². The zero-order valence-corrected chi connectivity index (χ0v) is 8.32. The fourth-order valence-corrected chi connectivity index (χ4v) is 1.02. The fraction of sp³-hybridized carbons (Fsp3) is 0.750. The lowest BCUT2D eigenvalue weighted by molar-refractivity contribution is 0.351. The molecule has 0 aliphatic rings. The summed E-state index contributed by atoms with van der Waals surface area (Å²) in [7, 11) is 3.75. The highest BCUT2D eigenvalue weighted by molar-refractivity contribution is 5.24. The van der Waals surface area contributed by atoms with Gasteiger partial charge in [-0.3, -0.25) is 0 Å². The molecule has 0 aromatic carbocycles. The maximum Gasteiger partial charge on any atom is 0.265 e. The maximum absolute atomic E-state index is 5.56. The van der Waals surface area contributed by atoms with Gasteiger partial charge in [-0.05, 0) is 11.6 Å². The topological polar surface area (TPSA) is 68.2 Å². The van der Waals surface area contributed by atoms with Gasteiger partial charge in [0.05, 0.1) is 5.92 Å². The van der Waals surface area contributed by atoms with Gasteiger partial charge < -0.3 is 15.2 Å². The predicted octanol–water partition coefficient (Wildman–Crippen LogP) is 0.588. The van der Waals surface area contributed by atoms with Crippen molar-refractivity contribution < 1.29 is 4.52 Å². The van der Waals surface area contributed by atoms with Crippen molar-refractivity contribution in [3.63, 3.8) is 0 Å². The lowest BCUT2D eigenvalue weighted by atomic mass is 10.1. The summed E-state index contributed by atoms with van der Waals surface area (Å²) >= 11 is 0. The van der Waals surface area contributed by atoms with Crippen LogP contribution in [-0.4, -0.2) is 30.8 Å². The Bertz CT molecular complexity index is 254. The van der Waals surface area contributed by atoms with Crippen molar-refractivity contribution in [1.82, 2.24) is 10.1 Å². The van der Waals surface area contributed by atoms with Crippen LogP contribution in [0.1, 0.15) is 25.2 Å². The average molecular weight is 184 g/mol. The Kier molecular flexibility index (Phi) is 3.25. The van der Waals surface area contributed by atoms with Gasteiger partial charge in [0.25, 0.3) is 5.95 Å². The number of rotatable bonds is 4. The Morgan fingerprint density at radius 2 is 2.23 bits per heavy atom. The second-order valence-electron chi connectivity index (χ2n) is 3.17. The predicted molar refractivity (Wildman–Crippen MR) is 50.7 cm³/mol. The highest BCUT2D eigenvalue weighted by Crippen LogP contribution is 2.17. The Balaban J connectivity index is 2.78. The summed E-state index contributed by atoms with van der Waals surface area (Å²) in [6.07, 6.45) is 0.922. The van der Waals surface area contributed by atoms with Crippen LogP contribution in [0, 0.1) is 0 Å². The molecule has 0 bridgehead atoms. The first-order valence-corrected chi connectivity index (χ1v) is 4.40. The second-order valence-corrected chi connectivity index (χ2v) is 3.17. The Morgan fingerprint density at radius 3 is 2.62 bits per heavy atom. The molecule has 5 heteroatoms.